The van der Waals surface area contributed by atoms with Crippen LogP contribution in [0.15, 0.2) is 18.2 Å². The Morgan fingerprint density at radius 2 is 2.26 bits per heavy atom. The molecule has 1 amide bonds. The minimum atomic E-state index is -0.531. The standard InChI is InChI=1S/C15H19NO3/c1-15(2)11-7-9(3-4-12(11)16-14(15)18)13(17)10-5-6-19-8-10/h3-4,7,10,13,17H,5-6,8H2,1-2H3,(H,16,18). The van der Waals surface area contributed by atoms with Crippen LogP contribution in [0.4, 0.5) is 5.69 Å². The first-order valence-electron chi connectivity index (χ1n) is 6.72. The minimum absolute atomic E-state index is 0.0124. The molecule has 2 N–H and O–H groups in total. The molecule has 0 radical (unpaired) electrons. The maximum Gasteiger partial charge on any atom is 0.234 e. The summed E-state index contributed by atoms with van der Waals surface area (Å²) in [4.78, 5) is 11.9. The summed E-state index contributed by atoms with van der Waals surface area (Å²) in [5.74, 6) is 0.171. The van der Waals surface area contributed by atoms with Crippen molar-refractivity contribution in [3.63, 3.8) is 0 Å². The molecule has 0 aromatic heterocycles. The van der Waals surface area contributed by atoms with E-state index in [-0.39, 0.29) is 11.8 Å². The van der Waals surface area contributed by atoms with Crippen molar-refractivity contribution in [1.82, 2.24) is 0 Å². The van der Waals surface area contributed by atoms with Crippen LogP contribution in [0.1, 0.15) is 37.5 Å². The number of fused-ring (bicyclic) bond motifs is 1. The maximum atomic E-state index is 11.9. The third-order valence-electron chi connectivity index (χ3n) is 4.29. The van der Waals surface area contributed by atoms with E-state index in [0.29, 0.717) is 6.61 Å². The Morgan fingerprint density at radius 1 is 1.47 bits per heavy atom. The van der Waals surface area contributed by atoms with Crippen molar-refractivity contribution in [1.29, 1.82) is 0 Å². The van der Waals surface area contributed by atoms with Gasteiger partial charge in [-0.15, -0.1) is 0 Å². The average molecular weight is 261 g/mol. The van der Waals surface area contributed by atoms with Crippen LogP contribution in [0.5, 0.6) is 0 Å². The van der Waals surface area contributed by atoms with E-state index < -0.39 is 11.5 Å². The van der Waals surface area contributed by atoms with Crippen LogP contribution in [0.3, 0.4) is 0 Å². The van der Waals surface area contributed by atoms with Crippen LogP contribution in [0.25, 0.3) is 0 Å². The largest absolute Gasteiger partial charge is 0.388 e. The lowest BCUT2D eigenvalue weighted by Crippen LogP contribution is -2.27. The number of carbonyl (C=O) groups is 1. The molecule has 0 aliphatic carbocycles. The van der Waals surface area contributed by atoms with Gasteiger partial charge in [0.15, 0.2) is 0 Å². The van der Waals surface area contributed by atoms with Crippen molar-refractivity contribution in [3.05, 3.63) is 29.3 Å². The average Bonchev–Trinajstić information content (AvgIpc) is 2.98. The van der Waals surface area contributed by atoms with Crippen LogP contribution in [0, 0.1) is 5.92 Å². The summed E-state index contributed by atoms with van der Waals surface area (Å²) >= 11 is 0. The molecule has 2 atom stereocenters. The summed E-state index contributed by atoms with van der Waals surface area (Å²) in [6, 6.07) is 5.73. The number of nitrogens with one attached hydrogen (secondary N) is 1. The zero-order valence-corrected chi connectivity index (χ0v) is 11.3. The van der Waals surface area contributed by atoms with Gasteiger partial charge >= 0.3 is 0 Å². The molecular formula is C15H19NO3. The van der Waals surface area contributed by atoms with E-state index in [2.05, 4.69) is 5.32 Å². The molecule has 2 aliphatic heterocycles. The summed E-state index contributed by atoms with van der Waals surface area (Å²) in [5.41, 5.74) is 2.16. The molecule has 1 saturated heterocycles. The van der Waals surface area contributed by atoms with Crippen LogP contribution >= 0.6 is 0 Å². The molecule has 102 valence electrons. The zero-order chi connectivity index (χ0) is 13.6. The fraction of sp³-hybridized carbons (Fsp3) is 0.533. The number of carbonyl (C=O) groups excluding carboxylic acids is 1. The third kappa shape index (κ3) is 1.95. The van der Waals surface area contributed by atoms with Gasteiger partial charge in [-0.1, -0.05) is 12.1 Å². The van der Waals surface area contributed by atoms with E-state index in [0.717, 1.165) is 29.8 Å². The van der Waals surface area contributed by atoms with Crippen LogP contribution in [0.2, 0.25) is 0 Å². The number of ether oxygens (including phenoxy) is 1. The second kappa shape index (κ2) is 4.32. The summed E-state index contributed by atoms with van der Waals surface area (Å²) in [7, 11) is 0. The van der Waals surface area contributed by atoms with Gasteiger partial charge in [-0.3, -0.25) is 4.79 Å². The smallest absolute Gasteiger partial charge is 0.234 e. The van der Waals surface area contributed by atoms with Crippen molar-refractivity contribution in [3.8, 4) is 0 Å². The second-order valence-corrected chi connectivity index (χ2v) is 5.95. The van der Waals surface area contributed by atoms with E-state index in [9.17, 15) is 9.90 Å². The highest BCUT2D eigenvalue weighted by atomic mass is 16.5. The van der Waals surface area contributed by atoms with Crippen molar-refractivity contribution in [2.45, 2.75) is 31.8 Å². The predicted molar refractivity (Wildman–Crippen MR) is 72.0 cm³/mol. The number of anilines is 1. The molecule has 1 aromatic rings. The lowest BCUT2D eigenvalue weighted by molar-refractivity contribution is -0.119. The zero-order valence-electron chi connectivity index (χ0n) is 11.3. The van der Waals surface area contributed by atoms with Gasteiger partial charge in [0, 0.05) is 18.2 Å². The van der Waals surface area contributed by atoms with Gasteiger partial charge in [-0.2, -0.15) is 0 Å². The molecule has 0 bridgehead atoms. The van der Waals surface area contributed by atoms with Gasteiger partial charge in [-0.25, -0.2) is 0 Å². The fourth-order valence-electron chi connectivity index (χ4n) is 2.85. The predicted octanol–water partition coefficient (Wildman–Crippen LogP) is 1.99. The Balaban J connectivity index is 1.94. The Kier molecular flexibility index (Phi) is 2.87. The van der Waals surface area contributed by atoms with Gasteiger partial charge in [0.25, 0.3) is 0 Å². The minimum Gasteiger partial charge on any atom is -0.388 e. The molecule has 4 heteroatoms. The molecule has 0 saturated carbocycles. The first-order chi connectivity index (χ1) is 9.00. The highest BCUT2D eigenvalue weighted by Crippen LogP contribution is 2.40. The number of aliphatic hydroxyl groups is 1. The molecule has 2 aliphatic rings. The lowest BCUT2D eigenvalue weighted by atomic mass is 9.84. The monoisotopic (exact) mass is 261 g/mol. The number of hydrogen-bond donors (Lipinski definition) is 2. The number of benzene rings is 1. The van der Waals surface area contributed by atoms with Crippen LogP contribution < -0.4 is 5.32 Å². The highest BCUT2D eigenvalue weighted by Gasteiger charge is 2.39. The molecule has 3 rings (SSSR count). The third-order valence-corrected chi connectivity index (χ3v) is 4.29. The van der Waals surface area contributed by atoms with Crippen LogP contribution in [-0.4, -0.2) is 24.2 Å². The SMILES string of the molecule is CC1(C)C(=O)Nc2ccc(C(O)C3CCOC3)cc21. The summed E-state index contributed by atoms with van der Waals surface area (Å²) in [6.45, 7) is 5.14. The molecule has 1 fully saturated rings. The number of rotatable bonds is 2. The molecule has 2 unspecified atom stereocenters. The van der Waals surface area contributed by atoms with E-state index >= 15 is 0 Å². The molecule has 2 heterocycles. The Labute approximate surface area is 112 Å². The van der Waals surface area contributed by atoms with Gasteiger partial charge in [-0.05, 0) is 37.5 Å². The lowest BCUT2D eigenvalue weighted by Gasteiger charge is -2.20. The summed E-state index contributed by atoms with van der Waals surface area (Å²) < 4.78 is 5.32. The Morgan fingerprint density at radius 3 is 2.95 bits per heavy atom. The second-order valence-electron chi connectivity index (χ2n) is 5.95. The molecule has 19 heavy (non-hydrogen) atoms. The normalized spacial score (nSPS) is 26.1. The van der Waals surface area contributed by atoms with Gasteiger partial charge in [0.2, 0.25) is 5.91 Å². The number of aliphatic hydroxyl groups excluding tert-OH is 1. The highest BCUT2D eigenvalue weighted by molar-refractivity contribution is 6.05. The van der Waals surface area contributed by atoms with Gasteiger partial charge in [0.05, 0.1) is 18.1 Å². The Bertz CT molecular complexity index is 518. The van der Waals surface area contributed by atoms with E-state index in [4.69, 9.17) is 4.74 Å². The fourth-order valence-corrected chi connectivity index (χ4v) is 2.85. The van der Waals surface area contributed by atoms with E-state index in [1.807, 2.05) is 32.0 Å². The van der Waals surface area contributed by atoms with E-state index in [1.165, 1.54) is 0 Å². The van der Waals surface area contributed by atoms with E-state index in [1.54, 1.807) is 0 Å². The number of hydrogen-bond acceptors (Lipinski definition) is 3. The summed E-state index contributed by atoms with van der Waals surface area (Å²) in [6.07, 6.45) is 0.373. The van der Waals surface area contributed by atoms with Gasteiger partial charge in [0.1, 0.15) is 0 Å². The maximum absolute atomic E-state index is 11.9. The van der Waals surface area contributed by atoms with Gasteiger partial charge < -0.3 is 15.2 Å². The van der Waals surface area contributed by atoms with Crippen molar-refractivity contribution >= 4 is 11.6 Å². The molecular weight excluding hydrogens is 242 g/mol. The topological polar surface area (TPSA) is 58.6 Å². The number of amides is 1. The van der Waals surface area contributed by atoms with Crippen molar-refractivity contribution in [2.75, 3.05) is 18.5 Å². The van der Waals surface area contributed by atoms with Crippen molar-refractivity contribution < 1.29 is 14.6 Å². The quantitative estimate of drug-likeness (QED) is 0.856. The van der Waals surface area contributed by atoms with Crippen LogP contribution in [-0.2, 0) is 14.9 Å². The molecule has 4 nitrogen and oxygen atoms in total. The summed E-state index contributed by atoms with van der Waals surface area (Å²) in [5, 5.41) is 13.3. The first kappa shape index (κ1) is 12.6. The first-order valence-corrected chi connectivity index (χ1v) is 6.72. The molecule has 1 aromatic carbocycles. The Hall–Kier alpha value is -1.39. The van der Waals surface area contributed by atoms with Crippen molar-refractivity contribution in [2.24, 2.45) is 5.92 Å². The molecule has 0 spiro atoms.